The van der Waals surface area contributed by atoms with Crippen molar-refractivity contribution in [3.05, 3.63) is 18.0 Å². The predicted molar refractivity (Wildman–Crippen MR) is 60.1 cm³/mol. The van der Waals surface area contributed by atoms with Crippen molar-refractivity contribution in [3.63, 3.8) is 0 Å². The molecule has 0 saturated carbocycles. The van der Waals surface area contributed by atoms with Crippen LogP contribution in [0.25, 0.3) is 0 Å². The quantitative estimate of drug-likeness (QED) is 0.784. The van der Waals surface area contributed by atoms with E-state index in [2.05, 4.69) is 5.10 Å². The molecule has 0 atom stereocenters. The molecule has 1 aliphatic rings. The number of hydrogen-bond acceptors (Lipinski definition) is 3. The highest BCUT2D eigenvalue weighted by atomic mass is 16.4. The van der Waals surface area contributed by atoms with Crippen molar-refractivity contribution in [1.82, 2.24) is 14.7 Å². The van der Waals surface area contributed by atoms with Gasteiger partial charge in [-0.25, -0.2) is 4.79 Å². The minimum absolute atomic E-state index is 0.201. The zero-order valence-corrected chi connectivity index (χ0v) is 9.67. The Kier molecular flexibility index (Phi) is 2.87. The molecular weight excluding hydrogens is 222 g/mol. The average molecular weight is 237 g/mol. The van der Waals surface area contributed by atoms with Crippen LogP contribution in [0.15, 0.2) is 12.4 Å². The van der Waals surface area contributed by atoms with Gasteiger partial charge in [0, 0.05) is 19.3 Å². The smallest absolute Gasteiger partial charge is 0.407 e. The minimum Gasteiger partial charge on any atom is -0.465 e. The molecule has 0 aromatic carbocycles. The Hall–Kier alpha value is -1.85. The Balaban J connectivity index is 2.11. The van der Waals surface area contributed by atoms with E-state index in [-0.39, 0.29) is 5.54 Å². The van der Waals surface area contributed by atoms with Gasteiger partial charge in [0.05, 0.1) is 17.3 Å². The average Bonchev–Trinajstić information content (AvgIpc) is 2.78. The van der Waals surface area contributed by atoms with Crippen LogP contribution < -0.4 is 0 Å². The van der Waals surface area contributed by atoms with Crippen molar-refractivity contribution in [2.45, 2.75) is 25.3 Å². The second kappa shape index (κ2) is 4.20. The van der Waals surface area contributed by atoms with Gasteiger partial charge in [0.2, 0.25) is 0 Å². The molecule has 2 heterocycles. The molecule has 17 heavy (non-hydrogen) atoms. The van der Waals surface area contributed by atoms with E-state index in [1.165, 1.54) is 11.1 Å². The van der Waals surface area contributed by atoms with Crippen molar-refractivity contribution < 1.29 is 14.7 Å². The zero-order chi connectivity index (χ0) is 12.5. The van der Waals surface area contributed by atoms with Crippen molar-refractivity contribution in [1.29, 1.82) is 0 Å². The lowest BCUT2D eigenvalue weighted by Crippen LogP contribution is -2.46. The maximum Gasteiger partial charge on any atom is 0.407 e. The summed E-state index contributed by atoms with van der Waals surface area (Å²) < 4.78 is 1.77. The molecule has 6 nitrogen and oxygen atoms in total. The molecule has 0 spiro atoms. The summed E-state index contributed by atoms with van der Waals surface area (Å²) in [5.41, 5.74) is 0.347. The fourth-order valence-electron chi connectivity index (χ4n) is 2.10. The van der Waals surface area contributed by atoms with Gasteiger partial charge in [0.1, 0.15) is 0 Å². The Labute approximate surface area is 98.8 Å². The van der Waals surface area contributed by atoms with Crippen LogP contribution in [0.5, 0.6) is 0 Å². The monoisotopic (exact) mass is 237 g/mol. The summed E-state index contributed by atoms with van der Waals surface area (Å²) in [5, 5.41) is 13.1. The van der Waals surface area contributed by atoms with Gasteiger partial charge in [-0.15, -0.1) is 0 Å². The van der Waals surface area contributed by atoms with Crippen LogP contribution >= 0.6 is 0 Å². The highest BCUT2D eigenvalue weighted by Crippen LogP contribution is 2.29. The third-order valence-electron chi connectivity index (χ3n) is 3.40. The van der Waals surface area contributed by atoms with Crippen LogP contribution in [0.2, 0.25) is 0 Å². The maximum atomic E-state index is 10.8. The summed E-state index contributed by atoms with van der Waals surface area (Å²) >= 11 is 0. The second-order valence-electron chi connectivity index (χ2n) is 4.60. The summed E-state index contributed by atoms with van der Waals surface area (Å²) in [7, 11) is 0. The van der Waals surface area contributed by atoms with Gasteiger partial charge in [0.25, 0.3) is 0 Å². The molecule has 1 aromatic heterocycles. The summed E-state index contributed by atoms with van der Waals surface area (Å²) in [6, 6.07) is 0. The van der Waals surface area contributed by atoms with E-state index in [9.17, 15) is 9.59 Å². The van der Waals surface area contributed by atoms with Crippen molar-refractivity contribution >= 4 is 12.4 Å². The molecule has 1 aromatic rings. The number of hydrogen-bond donors (Lipinski definition) is 1. The van der Waals surface area contributed by atoms with Gasteiger partial charge in [-0.2, -0.15) is 5.10 Å². The van der Waals surface area contributed by atoms with E-state index in [4.69, 9.17) is 5.11 Å². The van der Waals surface area contributed by atoms with Crippen LogP contribution in [0.4, 0.5) is 4.79 Å². The number of carbonyl (C=O) groups is 2. The first-order valence-electron chi connectivity index (χ1n) is 5.53. The Morgan fingerprint density at radius 3 is 2.65 bits per heavy atom. The molecule has 1 amide bonds. The highest BCUT2D eigenvalue weighted by molar-refractivity contribution is 5.73. The van der Waals surface area contributed by atoms with Crippen LogP contribution in [0, 0.1) is 0 Å². The van der Waals surface area contributed by atoms with E-state index in [0.717, 1.165) is 6.29 Å². The van der Waals surface area contributed by atoms with Crippen molar-refractivity contribution in [2.24, 2.45) is 0 Å². The first-order valence-corrected chi connectivity index (χ1v) is 5.53. The van der Waals surface area contributed by atoms with Gasteiger partial charge in [-0.1, -0.05) is 0 Å². The maximum absolute atomic E-state index is 10.8. The minimum atomic E-state index is -0.874. The molecule has 92 valence electrons. The standard InChI is InChI=1S/C11H15N3O3/c1-11(14-7-9(8-15)6-12-14)2-4-13(5-3-11)10(16)17/h6-8H,2-5H2,1H3,(H,16,17). The number of carbonyl (C=O) groups excluding carboxylic acids is 1. The van der Waals surface area contributed by atoms with Gasteiger partial charge in [0.15, 0.2) is 6.29 Å². The fourth-order valence-corrected chi connectivity index (χ4v) is 2.10. The highest BCUT2D eigenvalue weighted by Gasteiger charge is 2.33. The molecule has 2 rings (SSSR count). The second-order valence-corrected chi connectivity index (χ2v) is 4.60. The third kappa shape index (κ3) is 2.15. The van der Waals surface area contributed by atoms with Crippen LogP contribution in [0.3, 0.4) is 0 Å². The molecule has 0 unspecified atom stereocenters. The van der Waals surface area contributed by atoms with Gasteiger partial charge < -0.3 is 10.0 Å². The number of carboxylic acid groups (broad SMARTS) is 1. The molecule has 6 heteroatoms. The van der Waals surface area contributed by atoms with Crippen LogP contribution in [-0.2, 0) is 5.54 Å². The molecule has 0 radical (unpaired) electrons. The summed E-state index contributed by atoms with van der Waals surface area (Å²) in [5.74, 6) is 0. The molecular formula is C11H15N3O3. The first kappa shape index (κ1) is 11.6. The summed E-state index contributed by atoms with van der Waals surface area (Å²) in [6.07, 6.45) is 4.55. The number of amides is 1. The Morgan fingerprint density at radius 1 is 1.53 bits per heavy atom. The molecule has 1 aliphatic heterocycles. The van der Waals surface area contributed by atoms with E-state index in [0.29, 0.717) is 31.5 Å². The number of likely N-dealkylation sites (tertiary alicyclic amines) is 1. The SMILES string of the molecule is CC1(n2cc(C=O)cn2)CCN(C(=O)O)CC1. The third-order valence-corrected chi connectivity index (χ3v) is 3.40. The number of nitrogens with zero attached hydrogens (tertiary/aromatic N) is 3. The van der Waals surface area contributed by atoms with Gasteiger partial charge in [-0.3, -0.25) is 9.48 Å². The van der Waals surface area contributed by atoms with E-state index in [1.807, 2.05) is 6.92 Å². The zero-order valence-electron chi connectivity index (χ0n) is 9.67. The first-order chi connectivity index (χ1) is 8.05. The van der Waals surface area contributed by atoms with E-state index >= 15 is 0 Å². The number of piperidine rings is 1. The normalized spacial score (nSPS) is 19.0. The lowest BCUT2D eigenvalue weighted by Gasteiger charge is -2.38. The molecule has 0 bridgehead atoms. The summed E-state index contributed by atoms with van der Waals surface area (Å²) in [4.78, 5) is 22.8. The number of aromatic nitrogens is 2. The predicted octanol–water partition coefficient (Wildman–Crippen LogP) is 1.18. The molecule has 1 saturated heterocycles. The number of aldehydes is 1. The van der Waals surface area contributed by atoms with Gasteiger partial charge in [-0.05, 0) is 19.8 Å². The van der Waals surface area contributed by atoms with Crippen LogP contribution in [-0.4, -0.2) is 45.3 Å². The lowest BCUT2D eigenvalue weighted by atomic mass is 9.90. The summed E-state index contributed by atoms with van der Waals surface area (Å²) in [6.45, 7) is 3.04. The van der Waals surface area contributed by atoms with E-state index in [1.54, 1.807) is 10.9 Å². The largest absolute Gasteiger partial charge is 0.465 e. The van der Waals surface area contributed by atoms with Gasteiger partial charge >= 0.3 is 6.09 Å². The van der Waals surface area contributed by atoms with Crippen molar-refractivity contribution in [2.75, 3.05) is 13.1 Å². The topological polar surface area (TPSA) is 75.4 Å². The molecule has 1 N–H and O–H groups in total. The lowest BCUT2D eigenvalue weighted by molar-refractivity contribution is 0.0955. The molecule has 0 aliphatic carbocycles. The molecule has 1 fully saturated rings. The number of rotatable bonds is 2. The van der Waals surface area contributed by atoms with Crippen molar-refractivity contribution in [3.8, 4) is 0 Å². The Morgan fingerprint density at radius 2 is 2.18 bits per heavy atom. The Bertz CT molecular complexity index is 433. The van der Waals surface area contributed by atoms with E-state index < -0.39 is 6.09 Å². The van der Waals surface area contributed by atoms with Crippen LogP contribution in [0.1, 0.15) is 30.1 Å². The fraction of sp³-hybridized carbons (Fsp3) is 0.545.